The SMILES string of the molecule is CC(C)n1nnc(-c2c(N)ncnc2N)n1.CCc1nc2cccc(Cl)c2c(=O)n1C1CC1. The molecule has 1 saturated carbocycles. The van der Waals surface area contributed by atoms with Crippen LogP contribution in [0, 0.1) is 0 Å². The van der Waals surface area contributed by atoms with Crippen LogP contribution in [-0.4, -0.2) is 39.7 Å². The summed E-state index contributed by atoms with van der Waals surface area (Å²) in [6.45, 7) is 5.91. The van der Waals surface area contributed by atoms with Crippen molar-refractivity contribution in [3.05, 3.63) is 45.7 Å². The van der Waals surface area contributed by atoms with Crippen LogP contribution in [0.3, 0.4) is 0 Å². The summed E-state index contributed by atoms with van der Waals surface area (Å²) in [5, 5.41) is 13.0. The average molecular weight is 469 g/mol. The average Bonchev–Trinajstić information content (AvgIpc) is 3.49. The summed E-state index contributed by atoms with van der Waals surface area (Å²) in [4.78, 5) is 26.2. The van der Waals surface area contributed by atoms with E-state index in [9.17, 15) is 4.79 Å². The van der Waals surface area contributed by atoms with Crippen molar-refractivity contribution in [2.24, 2.45) is 0 Å². The van der Waals surface area contributed by atoms with Crippen LogP contribution in [-0.2, 0) is 6.42 Å². The Morgan fingerprint density at radius 2 is 1.88 bits per heavy atom. The van der Waals surface area contributed by atoms with Crippen LogP contribution in [0.4, 0.5) is 11.6 Å². The molecule has 0 bridgehead atoms. The molecular formula is C21H25ClN10O. The summed E-state index contributed by atoms with van der Waals surface area (Å²) in [5.41, 5.74) is 12.5. The van der Waals surface area contributed by atoms with Crippen LogP contribution in [0.25, 0.3) is 22.3 Å². The van der Waals surface area contributed by atoms with Gasteiger partial charge in [-0.05, 0) is 44.0 Å². The molecule has 4 aromatic rings. The first kappa shape index (κ1) is 22.6. The van der Waals surface area contributed by atoms with Crippen molar-refractivity contribution >= 4 is 34.1 Å². The maximum absolute atomic E-state index is 12.4. The van der Waals surface area contributed by atoms with E-state index in [4.69, 9.17) is 23.1 Å². The molecule has 5 rings (SSSR count). The number of aromatic nitrogens is 8. The first-order valence-electron chi connectivity index (χ1n) is 10.7. The molecule has 0 amide bonds. The lowest BCUT2D eigenvalue weighted by Gasteiger charge is -2.11. The van der Waals surface area contributed by atoms with Gasteiger partial charge in [0.05, 0.1) is 22.0 Å². The number of aryl methyl sites for hydroxylation is 1. The van der Waals surface area contributed by atoms with Crippen molar-refractivity contribution in [3.63, 3.8) is 0 Å². The molecular weight excluding hydrogens is 444 g/mol. The molecule has 1 aliphatic carbocycles. The highest BCUT2D eigenvalue weighted by molar-refractivity contribution is 6.35. The molecule has 0 saturated heterocycles. The number of tetrazole rings is 1. The van der Waals surface area contributed by atoms with Gasteiger partial charge in [-0.3, -0.25) is 9.36 Å². The van der Waals surface area contributed by atoms with Crippen molar-refractivity contribution in [2.75, 3.05) is 11.5 Å². The van der Waals surface area contributed by atoms with Gasteiger partial charge < -0.3 is 11.5 Å². The Morgan fingerprint density at radius 3 is 2.45 bits per heavy atom. The van der Waals surface area contributed by atoms with Crippen LogP contribution in [0.2, 0.25) is 5.02 Å². The monoisotopic (exact) mass is 468 g/mol. The predicted octanol–water partition coefficient (Wildman–Crippen LogP) is 2.82. The maximum Gasteiger partial charge on any atom is 0.263 e. The number of benzene rings is 1. The van der Waals surface area contributed by atoms with E-state index in [1.807, 2.05) is 37.5 Å². The van der Waals surface area contributed by atoms with Crippen LogP contribution < -0.4 is 17.0 Å². The van der Waals surface area contributed by atoms with Gasteiger partial charge in [-0.2, -0.15) is 4.80 Å². The lowest BCUT2D eigenvalue weighted by molar-refractivity contribution is 0.455. The number of rotatable bonds is 4. The lowest BCUT2D eigenvalue weighted by atomic mass is 10.2. The molecule has 0 radical (unpaired) electrons. The summed E-state index contributed by atoms with van der Waals surface area (Å²) >= 11 is 6.10. The standard InChI is InChI=1S/C13H13ClN2O.C8H12N8/c1-2-11-15-10-5-3-4-9(14)12(10)13(17)16(11)8-6-7-8;1-4(2)16-14-8(13-15-16)5-6(9)11-3-12-7(5)10/h3-5,8H,2,6-7H2,1H3;3-4H,1-2H3,(H4,9,10,11,12). The Morgan fingerprint density at radius 1 is 1.18 bits per heavy atom. The number of anilines is 2. The second-order valence-corrected chi connectivity index (χ2v) is 8.38. The van der Waals surface area contributed by atoms with Crippen LogP contribution in [0.15, 0.2) is 29.3 Å². The minimum atomic E-state index is 0.0138. The molecule has 1 aromatic carbocycles. The summed E-state index contributed by atoms with van der Waals surface area (Å²) in [5.74, 6) is 1.70. The van der Waals surface area contributed by atoms with Gasteiger partial charge >= 0.3 is 0 Å². The van der Waals surface area contributed by atoms with E-state index in [1.54, 1.807) is 6.07 Å². The van der Waals surface area contributed by atoms with Gasteiger partial charge in [0.15, 0.2) is 0 Å². The summed E-state index contributed by atoms with van der Waals surface area (Å²) in [7, 11) is 0. The predicted molar refractivity (Wildman–Crippen MR) is 127 cm³/mol. The molecule has 1 aliphatic rings. The minimum absolute atomic E-state index is 0.0138. The minimum Gasteiger partial charge on any atom is -0.383 e. The van der Waals surface area contributed by atoms with Gasteiger partial charge in [-0.1, -0.05) is 24.6 Å². The van der Waals surface area contributed by atoms with E-state index in [1.165, 1.54) is 11.1 Å². The molecule has 12 heteroatoms. The molecule has 1 fully saturated rings. The number of nitrogens with two attached hydrogens (primary N) is 2. The number of halogens is 1. The van der Waals surface area contributed by atoms with Crippen molar-refractivity contribution in [1.29, 1.82) is 0 Å². The van der Waals surface area contributed by atoms with Crippen LogP contribution in [0.1, 0.15) is 51.5 Å². The molecule has 0 atom stereocenters. The second kappa shape index (κ2) is 9.10. The topological polar surface area (TPSA) is 156 Å². The van der Waals surface area contributed by atoms with Gasteiger partial charge in [0.25, 0.3) is 5.56 Å². The highest BCUT2D eigenvalue weighted by atomic mass is 35.5. The molecule has 4 N–H and O–H groups in total. The zero-order chi connectivity index (χ0) is 23.7. The van der Waals surface area contributed by atoms with Crippen molar-refractivity contribution < 1.29 is 0 Å². The first-order valence-corrected chi connectivity index (χ1v) is 11.0. The van der Waals surface area contributed by atoms with Gasteiger partial charge in [0.2, 0.25) is 5.82 Å². The third-order valence-corrected chi connectivity index (χ3v) is 5.51. The van der Waals surface area contributed by atoms with Crippen molar-refractivity contribution in [2.45, 2.75) is 52.1 Å². The van der Waals surface area contributed by atoms with E-state index in [0.717, 1.165) is 25.1 Å². The number of hydrogen-bond donors (Lipinski definition) is 2. The largest absolute Gasteiger partial charge is 0.383 e. The Balaban J connectivity index is 0.000000157. The van der Waals surface area contributed by atoms with Gasteiger partial charge in [0, 0.05) is 12.5 Å². The van der Waals surface area contributed by atoms with Crippen LogP contribution in [0.5, 0.6) is 0 Å². The maximum atomic E-state index is 12.4. The number of nitrogens with zero attached hydrogens (tertiary/aromatic N) is 8. The molecule has 0 unspecified atom stereocenters. The Kier molecular flexibility index (Phi) is 6.23. The number of nitrogen functional groups attached to an aromatic ring is 2. The fraction of sp³-hybridized carbons (Fsp3) is 0.381. The Bertz CT molecular complexity index is 1340. The molecule has 11 nitrogen and oxygen atoms in total. The fourth-order valence-electron chi connectivity index (χ4n) is 3.39. The molecule has 3 aromatic heterocycles. The number of fused-ring (bicyclic) bond motifs is 1. The van der Waals surface area contributed by atoms with Gasteiger partial charge in [-0.15, -0.1) is 10.2 Å². The summed E-state index contributed by atoms with van der Waals surface area (Å²) in [6, 6.07) is 5.88. The smallest absolute Gasteiger partial charge is 0.263 e. The van der Waals surface area contributed by atoms with Crippen molar-refractivity contribution in [1.82, 2.24) is 39.7 Å². The van der Waals surface area contributed by atoms with E-state index >= 15 is 0 Å². The van der Waals surface area contributed by atoms with Gasteiger partial charge in [-0.25, -0.2) is 15.0 Å². The van der Waals surface area contributed by atoms with E-state index in [0.29, 0.717) is 33.4 Å². The number of hydrogen-bond acceptors (Lipinski definition) is 9. The highest BCUT2D eigenvalue weighted by Crippen LogP contribution is 2.35. The Labute approximate surface area is 194 Å². The van der Waals surface area contributed by atoms with E-state index < -0.39 is 0 Å². The van der Waals surface area contributed by atoms with Crippen LogP contribution >= 0.6 is 11.6 Å². The molecule has 0 spiro atoms. The quantitative estimate of drug-likeness (QED) is 0.459. The second-order valence-electron chi connectivity index (χ2n) is 7.97. The molecule has 172 valence electrons. The van der Waals surface area contributed by atoms with Crippen molar-refractivity contribution in [3.8, 4) is 11.4 Å². The summed E-state index contributed by atoms with van der Waals surface area (Å²) in [6.07, 6.45) is 4.21. The Hall–Kier alpha value is -3.60. The molecule has 3 heterocycles. The third-order valence-electron chi connectivity index (χ3n) is 5.20. The molecule has 0 aliphatic heterocycles. The third kappa shape index (κ3) is 4.49. The lowest BCUT2D eigenvalue weighted by Crippen LogP contribution is -2.24. The zero-order valence-electron chi connectivity index (χ0n) is 18.6. The zero-order valence-corrected chi connectivity index (χ0v) is 19.4. The molecule has 33 heavy (non-hydrogen) atoms. The van der Waals surface area contributed by atoms with E-state index in [2.05, 4.69) is 30.4 Å². The van der Waals surface area contributed by atoms with E-state index in [-0.39, 0.29) is 23.2 Å². The summed E-state index contributed by atoms with van der Waals surface area (Å²) < 4.78 is 1.83. The highest BCUT2D eigenvalue weighted by Gasteiger charge is 2.28. The normalized spacial score (nSPS) is 13.2. The first-order chi connectivity index (χ1) is 15.8. The fourth-order valence-corrected chi connectivity index (χ4v) is 3.64. The van der Waals surface area contributed by atoms with Gasteiger partial charge in [0.1, 0.15) is 29.4 Å².